The highest BCUT2D eigenvalue weighted by Gasteiger charge is 2.17. The molecular weight excluding hydrogens is 478 g/mol. The normalized spacial score (nSPS) is 11.0. The molecule has 2 aromatic carbocycles. The van der Waals surface area contributed by atoms with Gasteiger partial charge in [-0.2, -0.15) is 0 Å². The van der Waals surface area contributed by atoms with Gasteiger partial charge in [0.15, 0.2) is 11.0 Å². The fourth-order valence-electron chi connectivity index (χ4n) is 3.28. The Kier molecular flexibility index (Phi) is 8.51. The van der Waals surface area contributed by atoms with Gasteiger partial charge in [0.2, 0.25) is 5.91 Å². The standard InChI is InChI=1S/C23H26ClN5O4S/c1-5-28-21(12-33-20-10-15(4)6-8-17(20)14(2)3)26-27-23(28)34-13-22(30)25-19-11-16(29(31)32)7-9-18(19)24/h6-11,14H,5,12-13H2,1-4H3,(H,25,30). The summed E-state index contributed by atoms with van der Waals surface area (Å²) in [7, 11) is 0. The van der Waals surface area contributed by atoms with Gasteiger partial charge in [0.1, 0.15) is 12.4 Å². The molecule has 180 valence electrons. The summed E-state index contributed by atoms with van der Waals surface area (Å²) in [6.07, 6.45) is 0. The zero-order valence-electron chi connectivity index (χ0n) is 19.4. The number of hydrogen-bond acceptors (Lipinski definition) is 7. The van der Waals surface area contributed by atoms with E-state index in [1.807, 2.05) is 24.5 Å². The first-order valence-corrected chi connectivity index (χ1v) is 12.1. The number of non-ortho nitro benzene ring substituents is 1. The highest BCUT2D eigenvalue weighted by atomic mass is 35.5. The Hall–Kier alpha value is -3.11. The van der Waals surface area contributed by atoms with E-state index in [4.69, 9.17) is 16.3 Å². The average Bonchev–Trinajstić information content (AvgIpc) is 3.19. The molecule has 0 spiro atoms. The maximum Gasteiger partial charge on any atom is 0.271 e. The monoisotopic (exact) mass is 503 g/mol. The first kappa shape index (κ1) is 25.5. The summed E-state index contributed by atoms with van der Waals surface area (Å²) in [6.45, 7) is 9.08. The van der Waals surface area contributed by atoms with E-state index >= 15 is 0 Å². The molecule has 0 atom stereocenters. The molecule has 0 aliphatic heterocycles. The van der Waals surface area contributed by atoms with Gasteiger partial charge >= 0.3 is 0 Å². The third-order valence-corrected chi connectivity index (χ3v) is 6.32. The summed E-state index contributed by atoms with van der Waals surface area (Å²) >= 11 is 7.27. The number of aryl methyl sites for hydroxylation is 1. The molecule has 11 heteroatoms. The van der Waals surface area contributed by atoms with Crippen LogP contribution in [-0.2, 0) is 17.9 Å². The number of nitro groups is 1. The van der Waals surface area contributed by atoms with Crippen LogP contribution in [0.1, 0.15) is 43.6 Å². The third-order valence-electron chi connectivity index (χ3n) is 5.02. The second-order valence-electron chi connectivity index (χ2n) is 7.89. The minimum atomic E-state index is -0.547. The molecule has 34 heavy (non-hydrogen) atoms. The molecule has 1 heterocycles. The minimum Gasteiger partial charge on any atom is -0.485 e. The van der Waals surface area contributed by atoms with Crippen molar-refractivity contribution in [2.75, 3.05) is 11.1 Å². The fourth-order valence-corrected chi connectivity index (χ4v) is 4.26. The molecule has 3 aromatic rings. The summed E-state index contributed by atoms with van der Waals surface area (Å²) in [6, 6.07) is 10.0. The van der Waals surface area contributed by atoms with Crippen LogP contribution in [0.2, 0.25) is 5.02 Å². The summed E-state index contributed by atoms with van der Waals surface area (Å²) in [5.74, 6) is 1.47. The SMILES string of the molecule is CCn1c(COc2cc(C)ccc2C(C)C)nnc1SCC(=O)Nc1cc([N+](=O)[O-])ccc1Cl. The number of carbonyl (C=O) groups is 1. The molecule has 0 saturated carbocycles. The van der Waals surface area contributed by atoms with Gasteiger partial charge in [-0.15, -0.1) is 10.2 Å². The van der Waals surface area contributed by atoms with Crippen LogP contribution < -0.4 is 10.1 Å². The number of anilines is 1. The Balaban J connectivity index is 1.65. The Morgan fingerprint density at radius 3 is 2.71 bits per heavy atom. The van der Waals surface area contributed by atoms with Crippen LogP contribution in [0, 0.1) is 17.0 Å². The van der Waals surface area contributed by atoms with Crippen LogP contribution in [0.5, 0.6) is 5.75 Å². The lowest BCUT2D eigenvalue weighted by molar-refractivity contribution is -0.384. The number of amides is 1. The predicted octanol–water partition coefficient (Wildman–Crippen LogP) is 5.60. The third kappa shape index (κ3) is 6.27. The number of halogens is 1. The molecule has 0 saturated heterocycles. The lowest BCUT2D eigenvalue weighted by atomic mass is 10.0. The Bertz CT molecular complexity index is 1200. The van der Waals surface area contributed by atoms with Crippen LogP contribution >= 0.6 is 23.4 Å². The van der Waals surface area contributed by atoms with E-state index in [-0.39, 0.29) is 34.7 Å². The smallest absolute Gasteiger partial charge is 0.271 e. The van der Waals surface area contributed by atoms with Gasteiger partial charge < -0.3 is 14.6 Å². The highest BCUT2D eigenvalue weighted by Crippen LogP contribution is 2.29. The Morgan fingerprint density at radius 2 is 2.03 bits per heavy atom. The predicted molar refractivity (Wildman–Crippen MR) is 133 cm³/mol. The van der Waals surface area contributed by atoms with Crippen LogP contribution in [0.25, 0.3) is 0 Å². The van der Waals surface area contributed by atoms with E-state index < -0.39 is 4.92 Å². The molecular formula is C23H26ClN5O4S. The number of aromatic nitrogens is 3. The lowest BCUT2D eigenvalue weighted by Crippen LogP contribution is -2.15. The van der Waals surface area contributed by atoms with Gasteiger partial charge in [0, 0.05) is 18.7 Å². The summed E-state index contributed by atoms with van der Waals surface area (Å²) in [5, 5.41) is 22.8. The van der Waals surface area contributed by atoms with Crippen molar-refractivity contribution in [3.8, 4) is 5.75 Å². The number of ether oxygens (including phenoxy) is 1. The zero-order chi connectivity index (χ0) is 24.8. The van der Waals surface area contributed by atoms with Gasteiger partial charge in [-0.25, -0.2) is 0 Å². The van der Waals surface area contributed by atoms with E-state index in [1.54, 1.807) is 0 Å². The molecule has 9 nitrogen and oxygen atoms in total. The number of carbonyl (C=O) groups excluding carboxylic acids is 1. The van der Waals surface area contributed by atoms with Gasteiger partial charge in [0.25, 0.3) is 5.69 Å². The number of nitrogens with zero attached hydrogens (tertiary/aromatic N) is 4. The van der Waals surface area contributed by atoms with Crippen molar-refractivity contribution in [2.45, 2.75) is 51.9 Å². The van der Waals surface area contributed by atoms with E-state index in [0.717, 1.165) is 16.9 Å². The minimum absolute atomic E-state index is 0.0351. The number of nitrogens with one attached hydrogen (secondary N) is 1. The molecule has 1 N–H and O–H groups in total. The van der Waals surface area contributed by atoms with Crippen LogP contribution in [0.15, 0.2) is 41.6 Å². The second kappa shape index (κ2) is 11.3. The maximum atomic E-state index is 12.4. The number of hydrogen-bond donors (Lipinski definition) is 1. The number of rotatable bonds is 10. The fraction of sp³-hybridized carbons (Fsp3) is 0.348. The molecule has 1 aromatic heterocycles. The van der Waals surface area contributed by atoms with Gasteiger partial charge in [-0.3, -0.25) is 14.9 Å². The van der Waals surface area contributed by atoms with Gasteiger partial charge in [-0.05, 0) is 43.0 Å². The molecule has 0 unspecified atom stereocenters. The molecule has 0 aliphatic rings. The molecule has 1 amide bonds. The summed E-state index contributed by atoms with van der Waals surface area (Å²) < 4.78 is 7.98. The molecule has 3 rings (SSSR count). The second-order valence-corrected chi connectivity index (χ2v) is 9.24. The summed E-state index contributed by atoms with van der Waals surface area (Å²) in [4.78, 5) is 22.8. The van der Waals surface area contributed by atoms with Crippen molar-refractivity contribution in [2.24, 2.45) is 0 Å². The Morgan fingerprint density at radius 1 is 1.26 bits per heavy atom. The Labute approximate surface area is 207 Å². The quantitative estimate of drug-likeness (QED) is 0.217. The van der Waals surface area contributed by atoms with Gasteiger partial charge in [0.05, 0.1) is 21.4 Å². The topological polar surface area (TPSA) is 112 Å². The lowest BCUT2D eigenvalue weighted by Gasteiger charge is -2.15. The van der Waals surface area contributed by atoms with Crippen molar-refractivity contribution >= 4 is 40.6 Å². The van der Waals surface area contributed by atoms with Crippen LogP contribution in [-0.4, -0.2) is 31.3 Å². The van der Waals surface area contributed by atoms with Crippen molar-refractivity contribution in [3.05, 3.63) is 68.5 Å². The van der Waals surface area contributed by atoms with E-state index in [1.165, 1.54) is 30.0 Å². The maximum absolute atomic E-state index is 12.4. The van der Waals surface area contributed by atoms with Crippen LogP contribution in [0.4, 0.5) is 11.4 Å². The largest absolute Gasteiger partial charge is 0.485 e. The molecule has 0 fully saturated rings. The van der Waals surface area contributed by atoms with Crippen molar-refractivity contribution in [1.82, 2.24) is 14.8 Å². The first-order valence-electron chi connectivity index (χ1n) is 10.7. The molecule has 0 bridgehead atoms. The van der Waals surface area contributed by atoms with E-state index in [9.17, 15) is 14.9 Å². The highest BCUT2D eigenvalue weighted by molar-refractivity contribution is 7.99. The average molecular weight is 504 g/mol. The van der Waals surface area contributed by atoms with Gasteiger partial charge in [-0.1, -0.05) is 49.3 Å². The number of nitro benzene ring substituents is 1. The summed E-state index contributed by atoms with van der Waals surface area (Å²) in [5.41, 5.74) is 2.27. The van der Waals surface area contributed by atoms with Crippen LogP contribution in [0.3, 0.4) is 0 Å². The zero-order valence-corrected chi connectivity index (χ0v) is 20.9. The number of thioether (sulfide) groups is 1. The first-order chi connectivity index (χ1) is 16.2. The van der Waals surface area contributed by atoms with Crippen molar-refractivity contribution in [3.63, 3.8) is 0 Å². The van der Waals surface area contributed by atoms with E-state index in [2.05, 4.69) is 41.5 Å². The molecule has 0 aliphatic carbocycles. The van der Waals surface area contributed by atoms with Crippen molar-refractivity contribution in [1.29, 1.82) is 0 Å². The molecule has 0 radical (unpaired) electrons. The number of benzene rings is 2. The van der Waals surface area contributed by atoms with Crippen molar-refractivity contribution < 1.29 is 14.5 Å². The van der Waals surface area contributed by atoms with E-state index in [0.29, 0.717) is 23.4 Å².